The molecule has 1 unspecified atom stereocenters. The number of hydrogen-bond acceptors (Lipinski definition) is 3. The smallest absolute Gasteiger partial charge is 0.325 e. The Balaban J connectivity index is 2.60. The van der Waals surface area contributed by atoms with Gasteiger partial charge < -0.3 is 9.64 Å². The van der Waals surface area contributed by atoms with Crippen LogP contribution in [0.4, 0.5) is 0 Å². The standard InChI is InChI=1S/C12H21NO3/c1-8(2)13(7-11(14)16-4)12(15)9(3)10-5-6-10/h8-10H,5-7H2,1-4H3. The van der Waals surface area contributed by atoms with Crippen LogP contribution in [0.5, 0.6) is 0 Å². The first kappa shape index (κ1) is 13.0. The molecule has 1 rings (SSSR count). The van der Waals surface area contributed by atoms with E-state index in [-0.39, 0.29) is 30.4 Å². The van der Waals surface area contributed by atoms with Gasteiger partial charge in [-0.2, -0.15) is 0 Å². The van der Waals surface area contributed by atoms with Crippen LogP contribution in [0.15, 0.2) is 0 Å². The van der Waals surface area contributed by atoms with E-state index in [0.717, 1.165) is 12.8 Å². The van der Waals surface area contributed by atoms with Gasteiger partial charge in [0.15, 0.2) is 0 Å². The lowest BCUT2D eigenvalue weighted by molar-refractivity contribution is -0.150. The summed E-state index contributed by atoms with van der Waals surface area (Å²) in [7, 11) is 1.34. The summed E-state index contributed by atoms with van der Waals surface area (Å²) in [5.41, 5.74) is 0. The van der Waals surface area contributed by atoms with E-state index in [4.69, 9.17) is 0 Å². The van der Waals surface area contributed by atoms with Crippen LogP contribution in [0.1, 0.15) is 33.6 Å². The predicted molar refractivity (Wildman–Crippen MR) is 60.8 cm³/mol. The molecule has 1 amide bonds. The van der Waals surface area contributed by atoms with E-state index >= 15 is 0 Å². The van der Waals surface area contributed by atoms with Gasteiger partial charge in [0, 0.05) is 12.0 Å². The third-order valence-electron chi connectivity index (χ3n) is 3.15. The Bertz CT molecular complexity index is 271. The van der Waals surface area contributed by atoms with Crippen LogP contribution in [-0.4, -0.2) is 36.5 Å². The molecule has 0 bridgehead atoms. The fourth-order valence-electron chi connectivity index (χ4n) is 1.78. The van der Waals surface area contributed by atoms with E-state index in [1.165, 1.54) is 7.11 Å². The molecule has 0 aromatic carbocycles. The van der Waals surface area contributed by atoms with E-state index in [2.05, 4.69) is 4.74 Å². The number of carbonyl (C=O) groups excluding carboxylic acids is 2. The monoisotopic (exact) mass is 227 g/mol. The highest BCUT2D eigenvalue weighted by atomic mass is 16.5. The lowest BCUT2D eigenvalue weighted by Crippen LogP contribution is -2.44. The van der Waals surface area contributed by atoms with E-state index in [9.17, 15) is 9.59 Å². The van der Waals surface area contributed by atoms with Crippen LogP contribution in [0, 0.1) is 11.8 Å². The maximum Gasteiger partial charge on any atom is 0.325 e. The van der Waals surface area contributed by atoms with E-state index in [1.54, 1.807) is 4.90 Å². The van der Waals surface area contributed by atoms with Gasteiger partial charge in [0.05, 0.1) is 7.11 Å². The Morgan fingerprint density at radius 2 is 1.88 bits per heavy atom. The summed E-state index contributed by atoms with van der Waals surface area (Å²) >= 11 is 0. The van der Waals surface area contributed by atoms with Gasteiger partial charge in [0.25, 0.3) is 0 Å². The van der Waals surface area contributed by atoms with Crippen molar-refractivity contribution in [2.24, 2.45) is 11.8 Å². The average Bonchev–Trinajstić information content (AvgIpc) is 3.06. The molecular formula is C12H21NO3. The Morgan fingerprint density at radius 3 is 2.25 bits per heavy atom. The van der Waals surface area contributed by atoms with Crippen LogP contribution in [0.3, 0.4) is 0 Å². The summed E-state index contributed by atoms with van der Waals surface area (Å²) in [6, 6.07) is 0.0350. The molecule has 1 aliphatic carbocycles. The maximum atomic E-state index is 12.1. The topological polar surface area (TPSA) is 46.6 Å². The quantitative estimate of drug-likeness (QED) is 0.668. The Kier molecular flexibility index (Phi) is 4.33. The first-order valence-electron chi connectivity index (χ1n) is 5.84. The van der Waals surface area contributed by atoms with Gasteiger partial charge in [-0.15, -0.1) is 0 Å². The average molecular weight is 227 g/mol. The van der Waals surface area contributed by atoms with Gasteiger partial charge in [-0.25, -0.2) is 0 Å². The number of hydrogen-bond donors (Lipinski definition) is 0. The van der Waals surface area contributed by atoms with E-state index in [1.807, 2.05) is 20.8 Å². The number of ether oxygens (including phenoxy) is 1. The van der Waals surface area contributed by atoms with Gasteiger partial charge in [-0.3, -0.25) is 9.59 Å². The number of nitrogens with zero attached hydrogens (tertiary/aromatic N) is 1. The van der Waals surface area contributed by atoms with Crippen molar-refractivity contribution in [1.82, 2.24) is 4.90 Å². The Hall–Kier alpha value is -1.06. The van der Waals surface area contributed by atoms with Crippen LogP contribution in [-0.2, 0) is 14.3 Å². The SMILES string of the molecule is COC(=O)CN(C(=O)C(C)C1CC1)C(C)C. The van der Waals surface area contributed by atoms with Crippen LogP contribution < -0.4 is 0 Å². The van der Waals surface area contributed by atoms with Crippen molar-refractivity contribution in [2.75, 3.05) is 13.7 Å². The largest absolute Gasteiger partial charge is 0.468 e. The van der Waals surface area contributed by atoms with Crippen LogP contribution in [0.25, 0.3) is 0 Å². The summed E-state index contributed by atoms with van der Waals surface area (Å²) < 4.78 is 4.60. The van der Waals surface area contributed by atoms with Crippen molar-refractivity contribution in [3.63, 3.8) is 0 Å². The van der Waals surface area contributed by atoms with Crippen LogP contribution >= 0.6 is 0 Å². The summed E-state index contributed by atoms with van der Waals surface area (Å²) in [4.78, 5) is 25.0. The van der Waals surface area contributed by atoms with Crippen molar-refractivity contribution in [3.05, 3.63) is 0 Å². The van der Waals surface area contributed by atoms with E-state index < -0.39 is 0 Å². The molecule has 0 spiro atoms. The first-order chi connectivity index (χ1) is 7.47. The second-order valence-electron chi connectivity index (χ2n) is 4.76. The lowest BCUT2D eigenvalue weighted by Gasteiger charge is -2.28. The highest BCUT2D eigenvalue weighted by Gasteiger charge is 2.36. The summed E-state index contributed by atoms with van der Waals surface area (Å²) in [5.74, 6) is 0.270. The van der Waals surface area contributed by atoms with Crippen molar-refractivity contribution in [1.29, 1.82) is 0 Å². The molecule has 0 heterocycles. The minimum Gasteiger partial charge on any atom is -0.468 e. The number of carbonyl (C=O) groups is 2. The molecule has 1 saturated carbocycles. The molecule has 0 aliphatic heterocycles. The zero-order valence-electron chi connectivity index (χ0n) is 10.5. The molecule has 1 fully saturated rings. The zero-order chi connectivity index (χ0) is 12.3. The van der Waals surface area contributed by atoms with Gasteiger partial charge in [0.2, 0.25) is 5.91 Å². The predicted octanol–water partition coefficient (Wildman–Crippen LogP) is 1.44. The fraction of sp³-hybridized carbons (Fsp3) is 0.833. The minimum atomic E-state index is -0.356. The molecule has 0 aromatic heterocycles. The second kappa shape index (κ2) is 5.32. The highest BCUT2D eigenvalue weighted by Crippen LogP contribution is 2.37. The van der Waals surface area contributed by atoms with Gasteiger partial charge in [0.1, 0.15) is 6.54 Å². The molecule has 0 saturated heterocycles. The molecule has 4 nitrogen and oxygen atoms in total. The van der Waals surface area contributed by atoms with E-state index in [0.29, 0.717) is 5.92 Å². The molecule has 4 heteroatoms. The molecule has 16 heavy (non-hydrogen) atoms. The summed E-state index contributed by atoms with van der Waals surface area (Å²) in [6.45, 7) is 5.84. The van der Waals surface area contributed by atoms with Crippen molar-refractivity contribution < 1.29 is 14.3 Å². The van der Waals surface area contributed by atoms with Crippen LogP contribution in [0.2, 0.25) is 0 Å². The number of amides is 1. The Labute approximate surface area is 96.9 Å². The molecule has 0 N–H and O–H groups in total. The number of methoxy groups -OCH3 is 1. The van der Waals surface area contributed by atoms with Crippen molar-refractivity contribution >= 4 is 11.9 Å². The molecule has 0 aromatic rings. The van der Waals surface area contributed by atoms with Crippen molar-refractivity contribution in [3.8, 4) is 0 Å². The van der Waals surface area contributed by atoms with Crippen molar-refractivity contribution in [2.45, 2.75) is 39.7 Å². The maximum absolute atomic E-state index is 12.1. The molecule has 1 aliphatic rings. The number of rotatable bonds is 5. The van der Waals surface area contributed by atoms with Gasteiger partial charge >= 0.3 is 5.97 Å². The van der Waals surface area contributed by atoms with Gasteiger partial charge in [-0.1, -0.05) is 6.92 Å². The molecule has 92 valence electrons. The third-order valence-corrected chi connectivity index (χ3v) is 3.15. The zero-order valence-corrected chi connectivity index (χ0v) is 10.5. The summed E-state index contributed by atoms with van der Waals surface area (Å²) in [6.07, 6.45) is 2.27. The highest BCUT2D eigenvalue weighted by molar-refractivity contribution is 5.84. The third kappa shape index (κ3) is 3.22. The lowest BCUT2D eigenvalue weighted by atomic mass is 10.0. The normalized spacial score (nSPS) is 17.1. The molecule has 1 atom stereocenters. The summed E-state index contributed by atoms with van der Waals surface area (Å²) in [5, 5.41) is 0. The first-order valence-corrected chi connectivity index (χ1v) is 5.84. The molecule has 0 radical (unpaired) electrons. The second-order valence-corrected chi connectivity index (χ2v) is 4.76. The van der Waals surface area contributed by atoms with Gasteiger partial charge in [-0.05, 0) is 32.6 Å². The number of esters is 1. The minimum absolute atomic E-state index is 0.0343. The molecular weight excluding hydrogens is 206 g/mol. The fourth-order valence-corrected chi connectivity index (χ4v) is 1.78. The Morgan fingerprint density at radius 1 is 1.31 bits per heavy atom.